The predicted molar refractivity (Wildman–Crippen MR) is 60.5 cm³/mol. The maximum absolute atomic E-state index is 13.6. The summed E-state index contributed by atoms with van der Waals surface area (Å²) in [4.78, 5) is 11.8. The predicted octanol–water partition coefficient (Wildman–Crippen LogP) is 2.65. The molecule has 0 fully saturated rings. The Balaban J connectivity index is 2.36. The zero-order chi connectivity index (χ0) is 12.3. The third-order valence-corrected chi connectivity index (χ3v) is 2.83. The van der Waals surface area contributed by atoms with Gasteiger partial charge >= 0.3 is 5.97 Å². The average Bonchev–Trinajstić information content (AvgIpc) is 2.52. The number of ether oxygens (including phenoxy) is 2. The molecule has 1 heterocycles. The van der Waals surface area contributed by atoms with Crippen LogP contribution in [0.4, 0.5) is 4.39 Å². The molecule has 0 N–H and O–H groups in total. The van der Waals surface area contributed by atoms with Gasteiger partial charge in [0.15, 0.2) is 11.6 Å². The summed E-state index contributed by atoms with van der Waals surface area (Å²) in [6, 6.07) is 4.66. The second-order valence-electron chi connectivity index (χ2n) is 3.95. The summed E-state index contributed by atoms with van der Waals surface area (Å²) in [7, 11) is 0. The fourth-order valence-electron chi connectivity index (χ4n) is 2.06. The first-order valence-corrected chi connectivity index (χ1v) is 5.82. The molecule has 17 heavy (non-hydrogen) atoms. The van der Waals surface area contributed by atoms with E-state index in [-0.39, 0.29) is 11.7 Å². The zero-order valence-electron chi connectivity index (χ0n) is 9.74. The van der Waals surface area contributed by atoms with Crippen molar-refractivity contribution in [2.75, 3.05) is 13.2 Å². The normalized spacial score (nSPS) is 18.8. The van der Waals surface area contributed by atoms with Gasteiger partial charge in [-0.1, -0.05) is 12.1 Å². The summed E-state index contributed by atoms with van der Waals surface area (Å²) in [6.45, 7) is 2.53. The van der Waals surface area contributed by atoms with E-state index in [0.717, 1.165) is 6.42 Å². The molecule has 3 nitrogen and oxygen atoms in total. The van der Waals surface area contributed by atoms with E-state index in [1.807, 2.05) is 0 Å². The van der Waals surface area contributed by atoms with Gasteiger partial charge in [-0.3, -0.25) is 4.79 Å². The van der Waals surface area contributed by atoms with Crippen molar-refractivity contribution in [3.05, 3.63) is 29.6 Å². The van der Waals surface area contributed by atoms with Gasteiger partial charge in [0.2, 0.25) is 0 Å². The lowest BCUT2D eigenvalue weighted by atomic mass is 9.94. The molecule has 1 atom stereocenters. The molecule has 0 radical (unpaired) electrons. The number of benzene rings is 1. The first kappa shape index (κ1) is 11.9. The summed E-state index contributed by atoms with van der Waals surface area (Å²) in [5.41, 5.74) is 0.598. The van der Waals surface area contributed by atoms with Crippen LogP contribution in [0.5, 0.6) is 5.75 Å². The van der Waals surface area contributed by atoms with Gasteiger partial charge in [-0.05, 0) is 25.8 Å². The van der Waals surface area contributed by atoms with Crippen molar-refractivity contribution in [3.63, 3.8) is 0 Å². The Morgan fingerprint density at radius 1 is 1.59 bits per heavy atom. The van der Waals surface area contributed by atoms with Crippen molar-refractivity contribution in [2.45, 2.75) is 25.7 Å². The number of carbonyl (C=O) groups is 1. The van der Waals surface area contributed by atoms with Crippen LogP contribution < -0.4 is 4.74 Å². The Labute approximate surface area is 99.5 Å². The van der Waals surface area contributed by atoms with Crippen LogP contribution in [0.1, 0.15) is 31.2 Å². The van der Waals surface area contributed by atoms with Crippen molar-refractivity contribution in [1.29, 1.82) is 0 Å². The SMILES string of the molecule is CCOC(=O)C1CCCOc2c(F)cccc21. The van der Waals surface area contributed by atoms with Gasteiger partial charge in [0.1, 0.15) is 0 Å². The van der Waals surface area contributed by atoms with E-state index >= 15 is 0 Å². The molecule has 1 unspecified atom stereocenters. The number of hydrogen-bond donors (Lipinski definition) is 0. The third kappa shape index (κ3) is 2.40. The van der Waals surface area contributed by atoms with Gasteiger partial charge in [0.05, 0.1) is 19.1 Å². The number of halogens is 1. The monoisotopic (exact) mass is 238 g/mol. The maximum Gasteiger partial charge on any atom is 0.313 e. The number of carbonyl (C=O) groups excluding carboxylic acids is 1. The Bertz CT molecular complexity index is 417. The van der Waals surface area contributed by atoms with Gasteiger partial charge in [0.25, 0.3) is 0 Å². The summed E-state index contributed by atoms with van der Waals surface area (Å²) in [6.07, 6.45) is 1.35. The van der Waals surface area contributed by atoms with E-state index < -0.39 is 11.7 Å². The molecule has 0 saturated heterocycles. The Hall–Kier alpha value is -1.58. The quantitative estimate of drug-likeness (QED) is 0.743. The second-order valence-corrected chi connectivity index (χ2v) is 3.95. The maximum atomic E-state index is 13.6. The molecular weight excluding hydrogens is 223 g/mol. The molecule has 0 aliphatic carbocycles. The highest BCUT2D eigenvalue weighted by Gasteiger charge is 2.28. The topological polar surface area (TPSA) is 35.5 Å². The molecule has 1 aliphatic heterocycles. The molecule has 0 aromatic heterocycles. The van der Waals surface area contributed by atoms with Gasteiger partial charge in [-0.25, -0.2) is 4.39 Å². The minimum Gasteiger partial charge on any atom is -0.490 e. The molecule has 0 bridgehead atoms. The highest BCUT2D eigenvalue weighted by atomic mass is 19.1. The summed E-state index contributed by atoms with van der Waals surface area (Å²) in [5.74, 6) is -0.935. The molecular formula is C13H15FO3. The standard InChI is InChI=1S/C13H15FO3/c1-2-16-13(15)10-6-4-8-17-12-9(10)5-3-7-11(12)14/h3,5,7,10H,2,4,6,8H2,1H3. The lowest BCUT2D eigenvalue weighted by Gasteiger charge is -2.15. The molecule has 1 aromatic rings. The Morgan fingerprint density at radius 3 is 3.18 bits per heavy atom. The van der Waals surface area contributed by atoms with Crippen molar-refractivity contribution in [2.24, 2.45) is 0 Å². The second kappa shape index (κ2) is 5.17. The molecule has 92 valence electrons. The van der Waals surface area contributed by atoms with Crippen LogP contribution in [0.2, 0.25) is 0 Å². The fraction of sp³-hybridized carbons (Fsp3) is 0.462. The van der Waals surface area contributed by atoms with Crippen LogP contribution in [0, 0.1) is 5.82 Å². The largest absolute Gasteiger partial charge is 0.490 e. The number of esters is 1. The summed E-state index contributed by atoms with van der Waals surface area (Å²) in [5, 5.41) is 0. The molecule has 4 heteroatoms. The van der Waals surface area contributed by atoms with Crippen LogP contribution in [-0.2, 0) is 9.53 Å². The average molecular weight is 238 g/mol. The first-order valence-electron chi connectivity index (χ1n) is 5.82. The van der Waals surface area contributed by atoms with Crippen molar-refractivity contribution >= 4 is 5.97 Å². The first-order chi connectivity index (χ1) is 8.24. The minimum absolute atomic E-state index is 0.197. The van der Waals surface area contributed by atoms with E-state index in [2.05, 4.69) is 0 Å². The molecule has 1 aromatic carbocycles. The van der Waals surface area contributed by atoms with E-state index in [9.17, 15) is 9.18 Å². The minimum atomic E-state index is -0.418. The van der Waals surface area contributed by atoms with E-state index in [1.165, 1.54) is 6.07 Å². The van der Waals surface area contributed by atoms with Crippen LogP contribution in [-0.4, -0.2) is 19.2 Å². The third-order valence-electron chi connectivity index (χ3n) is 2.83. The lowest BCUT2D eigenvalue weighted by molar-refractivity contribution is -0.145. The lowest BCUT2D eigenvalue weighted by Crippen LogP contribution is -2.15. The molecule has 2 rings (SSSR count). The Morgan fingerprint density at radius 2 is 2.41 bits per heavy atom. The van der Waals surface area contributed by atoms with Crippen LogP contribution >= 0.6 is 0 Å². The van der Waals surface area contributed by atoms with E-state index in [0.29, 0.717) is 25.2 Å². The molecule has 0 spiro atoms. The fourth-order valence-corrected chi connectivity index (χ4v) is 2.06. The van der Waals surface area contributed by atoms with Gasteiger partial charge in [-0.15, -0.1) is 0 Å². The Kier molecular flexibility index (Phi) is 3.61. The number of hydrogen-bond acceptors (Lipinski definition) is 3. The highest BCUT2D eigenvalue weighted by molar-refractivity contribution is 5.79. The molecule has 0 saturated carbocycles. The van der Waals surface area contributed by atoms with E-state index in [1.54, 1.807) is 19.1 Å². The van der Waals surface area contributed by atoms with Crippen LogP contribution in [0.25, 0.3) is 0 Å². The number of fused-ring (bicyclic) bond motifs is 1. The number of para-hydroxylation sites is 1. The van der Waals surface area contributed by atoms with E-state index in [4.69, 9.17) is 9.47 Å². The summed E-state index contributed by atoms with van der Waals surface area (Å²) < 4.78 is 24.0. The summed E-state index contributed by atoms with van der Waals surface area (Å²) >= 11 is 0. The zero-order valence-corrected chi connectivity index (χ0v) is 9.74. The van der Waals surface area contributed by atoms with Crippen molar-refractivity contribution in [1.82, 2.24) is 0 Å². The van der Waals surface area contributed by atoms with Crippen LogP contribution in [0.15, 0.2) is 18.2 Å². The number of rotatable bonds is 2. The van der Waals surface area contributed by atoms with Crippen LogP contribution in [0.3, 0.4) is 0 Å². The van der Waals surface area contributed by atoms with Crippen molar-refractivity contribution < 1.29 is 18.7 Å². The van der Waals surface area contributed by atoms with Gasteiger partial charge < -0.3 is 9.47 Å². The van der Waals surface area contributed by atoms with Gasteiger partial charge in [0, 0.05) is 5.56 Å². The van der Waals surface area contributed by atoms with Crippen molar-refractivity contribution in [3.8, 4) is 5.75 Å². The molecule has 0 amide bonds. The smallest absolute Gasteiger partial charge is 0.313 e. The van der Waals surface area contributed by atoms with Gasteiger partial charge in [-0.2, -0.15) is 0 Å². The highest BCUT2D eigenvalue weighted by Crippen LogP contribution is 2.35. The molecule has 1 aliphatic rings.